The van der Waals surface area contributed by atoms with Gasteiger partial charge in [-0.3, -0.25) is 9.69 Å². The maximum absolute atomic E-state index is 12.4. The number of thiazole rings is 1. The van der Waals surface area contributed by atoms with Gasteiger partial charge in [0.1, 0.15) is 10.6 Å². The van der Waals surface area contributed by atoms with Gasteiger partial charge in [0.05, 0.1) is 19.3 Å². The average Bonchev–Trinajstić information content (AvgIpc) is 3.21. The molecule has 0 bridgehead atoms. The molecular weight excluding hydrogens is 354 g/mol. The lowest BCUT2D eigenvalue weighted by atomic mass is 10.0. The van der Waals surface area contributed by atoms with Crippen LogP contribution in [0.15, 0.2) is 24.3 Å². The van der Waals surface area contributed by atoms with Crippen LogP contribution in [-0.2, 0) is 4.79 Å². The molecule has 0 radical (unpaired) electrons. The number of carboxylic acid groups (broad SMARTS) is 1. The summed E-state index contributed by atoms with van der Waals surface area (Å²) in [5.74, 6) is -0.403. The number of para-hydroxylation sites is 1. The summed E-state index contributed by atoms with van der Waals surface area (Å²) in [5.41, 5.74) is 1.49. The van der Waals surface area contributed by atoms with E-state index in [1.54, 1.807) is 14.0 Å². The number of ether oxygens (including phenoxy) is 1. The van der Waals surface area contributed by atoms with Crippen LogP contribution in [0.2, 0.25) is 0 Å². The molecule has 1 aromatic heterocycles. The number of aromatic carboxylic acids is 1. The van der Waals surface area contributed by atoms with Crippen LogP contribution < -0.4 is 10.1 Å². The molecule has 2 N–H and O–H groups in total. The fourth-order valence-electron chi connectivity index (χ4n) is 3.30. The zero-order chi connectivity index (χ0) is 18.7. The Morgan fingerprint density at radius 2 is 2.19 bits per heavy atom. The van der Waals surface area contributed by atoms with Crippen LogP contribution in [0, 0.1) is 6.92 Å². The van der Waals surface area contributed by atoms with Gasteiger partial charge in [0.25, 0.3) is 0 Å². The third-order valence-corrected chi connectivity index (χ3v) is 5.51. The molecular formula is C18H21N3O4S. The molecule has 138 valence electrons. The van der Waals surface area contributed by atoms with Gasteiger partial charge in [-0.2, -0.15) is 0 Å². The van der Waals surface area contributed by atoms with Crippen molar-refractivity contribution in [3.8, 4) is 5.75 Å². The number of nitrogens with zero attached hydrogens (tertiary/aromatic N) is 2. The van der Waals surface area contributed by atoms with Crippen LogP contribution >= 0.6 is 11.3 Å². The van der Waals surface area contributed by atoms with Crippen molar-refractivity contribution in [2.24, 2.45) is 0 Å². The van der Waals surface area contributed by atoms with E-state index in [4.69, 9.17) is 9.84 Å². The summed E-state index contributed by atoms with van der Waals surface area (Å²) in [6.07, 6.45) is 1.97. The number of carbonyl (C=O) groups excluding carboxylic acids is 1. The molecule has 2 aromatic rings. The molecule has 2 heterocycles. The number of aryl methyl sites for hydroxylation is 1. The summed E-state index contributed by atoms with van der Waals surface area (Å²) in [5, 5.41) is 12.1. The Bertz CT molecular complexity index is 821. The summed E-state index contributed by atoms with van der Waals surface area (Å²) >= 11 is 0.976. The molecule has 26 heavy (non-hydrogen) atoms. The third-order valence-electron chi connectivity index (χ3n) is 4.45. The Morgan fingerprint density at radius 3 is 2.88 bits per heavy atom. The van der Waals surface area contributed by atoms with Crippen molar-refractivity contribution in [3.05, 3.63) is 40.4 Å². The molecule has 0 aliphatic carbocycles. The van der Waals surface area contributed by atoms with E-state index >= 15 is 0 Å². The summed E-state index contributed by atoms with van der Waals surface area (Å²) in [7, 11) is 1.65. The quantitative estimate of drug-likeness (QED) is 0.807. The van der Waals surface area contributed by atoms with Crippen molar-refractivity contribution in [2.45, 2.75) is 25.8 Å². The number of nitrogens with one attached hydrogen (secondary N) is 1. The van der Waals surface area contributed by atoms with Crippen molar-refractivity contribution in [2.75, 3.05) is 25.5 Å². The Morgan fingerprint density at radius 1 is 1.42 bits per heavy atom. The molecule has 8 heteroatoms. The minimum Gasteiger partial charge on any atom is -0.496 e. The normalized spacial score (nSPS) is 17.2. The van der Waals surface area contributed by atoms with Gasteiger partial charge in [-0.05, 0) is 32.4 Å². The highest BCUT2D eigenvalue weighted by atomic mass is 32.1. The van der Waals surface area contributed by atoms with E-state index in [1.165, 1.54) is 0 Å². The predicted octanol–water partition coefficient (Wildman–Crippen LogP) is 2.93. The van der Waals surface area contributed by atoms with E-state index in [9.17, 15) is 9.59 Å². The molecule has 3 rings (SSSR count). The molecule has 1 aliphatic heterocycles. The highest BCUT2D eigenvalue weighted by Gasteiger charge is 2.29. The molecule has 1 atom stereocenters. The number of benzene rings is 1. The number of carbonyl (C=O) groups is 2. The van der Waals surface area contributed by atoms with Crippen LogP contribution in [0.5, 0.6) is 5.75 Å². The Balaban J connectivity index is 1.68. The van der Waals surface area contributed by atoms with Gasteiger partial charge in [0.15, 0.2) is 5.13 Å². The average molecular weight is 375 g/mol. The van der Waals surface area contributed by atoms with Gasteiger partial charge in [0.2, 0.25) is 5.91 Å². The van der Waals surface area contributed by atoms with Gasteiger partial charge in [-0.25, -0.2) is 9.78 Å². The number of carboxylic acids is 1. The lowest BCUT2D eigenvalue weighted by molar-refractivity contribution is -0.117. The molecule has 1 aromatic carbocycles. The second-order valence-corrected chi connectivity index (χ2v) is 7.16. The molecule has 0 unspecified atom stereocenters. The fraction of sp³-hybridized carbons (Fsp3) is 0.389. The minimum absolute atomic E-state index is 0.129. The lowest BCUT2D eigenvalue weighted by Crippen LogP contribution is -2.33. The Labute approximate surface area is 155 Å². The number of methoxy groups -OCH3 is 1. The van der Waals surface area contributed by atoms with E-state index in [1.807, 2.05) is 24.3 Å². The van der Waals surface area contributed by atoms with Crippen LogP contribution in [0.25, 0.3) is 0 Å². The highest BCUT2D eigenvalue weighted by Crippen LogP contribution is 2.36. The van der Waals surface area contributed by atoms with Crippen molar-refractivity contribution < 1.29 is 19.4 Å². The first-order chi connectivity index (χ1) is 12.5. The van der Waals surface area contributed by atoms with Gasteiger partial charge >= 0.3 is 5.97 Å². The number of aromatic nitrogens is 1. The lowest BCUT2D eigenvalue weighted by Gasteiger charge is -2.25. The maximum atomic E-state index is 12.4. The largest absolute Gasteiger partial charge is 0.496 e. The van der Waals surface area contributed by atoms with Crippen LogP contribution in [0.4, 0.5) is 5.13 Å². The Hall–Kier alpha value is -2.45. The second kappa shape index (κ2) is 7.84. The van der Waals surface area contributed by atoms with Gasteiger partial charge < -0.3 is 15.2 Å². The number of amides is 1. The van der Waals surface area contributed by atoms with Crippen molar-refractivity contribution >= 4 is 28.3 Å². The summed E-state index contributed by atoms with van der Waals surface area (Å²) in [6, 6.07) is 7.99. The van der Waals surface area contributed by atoms with Crippen molar-refractivity contribution in [3.63, 3.8) is 0 Å². The summed E-state index contributed by atoms with van der Waals surface area (Å²) in [4.78, 5) is 29.9. The molecule has 1 aliphatic rings. The van der Waals surface area contributed by atoms with Gasteiger partial charge in [0, 0.05) is 11.6 Å². The number of likely N-dealkylation sites (tertiary alicyclic amines) is 1. The number of anilines is 1. The SMILES string of the molecule is COc1ccccc1[C@@H]1CCCN1CC(=O)Nc1nc(C)c(C(=O)O)s1. The van der Waals surface area contributed by atoms with Crippen LogP contribution in [0.3, 0.4) is 0 Å². The minimum atomic E-state index is -1.03. The second-order valence-electron chi connectivity index (χ2n) is 6.16. The third kappa shape index (κ3) is 3.86. The molecule has 1 amide bonds. The number of hydrogen-bond acceptors (Lipinski definition) is 6. The molecule has 1 saturated heterocycles. The molecule has 1 fully saturated rings. The van der Waals surface area contributed by atoms with E-state index in [0.717, 1.165) is 42.0 Å². The number of rotatable bonds is 6. The van der Waals surface area contributed by atoms with Crippen molar-refractivity contribution in [1.29, 1.82) is 0 Å². The first-order valence-corrected chi connectivity index (χ1v) is 9.18. The summed E-state index contributed by atoms with van der Waals surface area (Å²) < 4.78 is 5.45. The predicted molar refractivity (Wildman–Crippen MR) is 99.0 cm³/mol. The maximum Gasteiger partial charge on any atom is 0.347 e. The highest BCUT2D eigenvalue weighted by molar-refractivity contribution is 7.17. The molecule has 0 spiro atoms. The fourth-order valence-corrected chi connectivity index (χ4v) is 4.12. The number of hydrogen-bond donors (Lipinski definition) is 2. The van der Waals surface area contributed by atoms with Crippen LogP contribution in [0.1, 0.15) is 39.8 Å². The van der Waals surface area contributed by atoms with E-state index in [-0.39, 0.29) is 23.4 Å². The topological polar surface area (TPSA) is 91.8 Å². The first kappa shape index (κ1) is 18.3. The standard InChI is InChI=1S/C18H21N3O4S/c1-11-16(17(23)24)26-18(19-11)20-15(22)10-21-9-5-7-13(21)12-6-3-4-8-14(12)25-2/h3-4,6,8,13H,5,7,9-10H2,1-2H3,(H,23,24)(H,19,20,22)/t13-/m0/s1. The summed E-state index contributed by atoms with van der Waals surface area (Å²) in [6.45, 7) is 2.67. The first-order valence-electron chi connectivity index (χ1n) is 8.37. The van der Waals surface area contributed by atoms with Gasteiger partial charge in [-0.15, -0.1) is 0 Å². The zero-order valence-corrected chi connectivity index (χ0v) is 15.5. The van der Waals surface area contributed by atoms with Crippen LogP contribution in [-0.4, -0.2) is 47.1 Å². The monoisotopic (exact) mass is 375 g/mol. The van der Waals surface area contributed by atoms with Crippen molar-refractivity contribution in [1.82, 2.24) is 9.88 Å². The van der Waals surface area contributed by atoms with E-state index in [0.29, 0.717) is 10.8 Å². The van der Waals surface area contributed by atoms with E-state index < -0.39 is 5.97 Å². The smallest absolute Gasteiger partial charge is 0.347 e. The molecule has 7 nitrogen and oxygen atoms in total. The molecule has 0 saturated carbocycles. The van der Waals surface area contributed by atoms with E-state index in [2.05, 4.69) is 15.2 Å². The zero-order valence-electron chi connectivity index (χ0n) is 14.7. The Kier molecular flexibility index (Phi) is 5.53. The van der Waals surface area contributed by atoms with Gasteiger partial charge in [-0.1, -0.05) is 29.5 Å².